The number of nitrogens with zero attached hydrogens (tertiary/aromatic N) is 2. The number of benzene rings is 2. The Morgan fingerprint density at radius 3 is 2.78 bits per heavy atom. The van der Waals surface area contributed by atoms with Crippen molar-refractivity contribution in [2.45, 2.75) is 30.8 Å². The van der Waals surface area contributed by atoms with Crippen LogP contribution in [0.2, 0.25) is 0 Å². The van der Waals surface area contributed by atoms with Crippen molar-refractivity contribution in [1.29, 1.82) is 0 Å². The summed E-state index contributed by atoms with van der Waals surface area (Å²) in [4.78, 5) is 17.3. The molecule has 118 valence electrons. The number of para-hydroxylation sites is 1. The molecule has 1 aromatic heterocycles. The first-order valence-corrected chi connectivity index (χ1v) is 8.54. The van der Waals surface area contributed by atoms with Gasteiger partial charge in [-0.2, -0.15) is 0 Å². The van der Waals surface area contributed by atoms with Gasteiger partial charge in [-0.25, -0.2) is 9.37 Å². The quantitative estimate of drug-likeness (QED) is 0.519. The lowest BCUT2D eigenvalue weighted by molar-refractivity contribution is 0.584. The standard InChI is InChI=1S/C18H17FN2OS/c1-2-10-21-17(22)15-8-3-4-9-16(15)20-18(21)23-12-13-6-5-7-14(19)11-13/h3-9,11H,2,10,12H2,1H3. The zero-order valence-electron chi connectivity index (χ0n) is 12.8. The molecule has 1 heterocycles. The van der Waals surface area contributed by atoms with Gasteiger partial charge in [0.1, 0.15) is 5.82 Å². The van der Waals surface area contributed by atoms with Crippen LogP contribution in [0.15, 0.2) is 58.5 Å². The minimum Gasteiger partial charge on any atom is -0.287 e. The van der Waals surface area contributed by atoms with E-state index in [0.717, 1.165) is 12.0 Å². The van der Waals surface area contributed by atoms with Gasteiger partial charge in [0, 0.05) is 12.3 Å². The average molecular weight is 328 g/mol. The number of thioether (sulfide) groups is 1. The first-order valence-electron chi connectivity index (χ1n) is 7.56. The van der Waals surface area contributed by atoms with E-state index in [-0.39, 0.29) is 11.4 Å². The zero-order valence-corrected chi connectivity index (χ0v) is 13.6. The molecule has 0 saturated carbocycles. The van der Waals surface area contributed by atoms with Crippen LogP contribution >= 0.6 is 11.8 Å². The highest BCUT2D eigenvalue weighted by Crippen LogP contribution is 2.22. The number of hydrogen-bond acceptors (Lipinski definition) is 3. The SMILES string of the molecule is CCCn1c(SCc2cccc(F)c2)nc2ccccc2c1=O. The molecule has 3 rings (SSSR count). The maximum atomic E-state index is 13.3. The molecule has 0 saturated heterocycles. The molecule has 0 aliphatic carbocycles. The first-order chi connectivity index (χ1) is 11.2. The van der Waals surface area contributed by atoms with Gasteiger partial charge in [-0.1, -0.05) is 43.0 Å². The van der Waals surface area contributed by atoms with Gasteiger partial charge in [0.25, 0.3) is 5.56 Å². The second-order valence-corrected chi connectivity index (χ2v) is 6.23. The van der Waals surface area contributed by atoms with E-state index in [9.17, 15) is 9.18 Å². The largest absolute Gasteiger partial charge is 0.287 e. The molecule has 23 heavy (non-hydrogen) atoms. The molecule has 0 fully saturated rings. The summed E-state index contributed by atoms with van der Waals surface area (Å²) >= 11 is 1.46. The number of aromatic nitrogens is 2. The Kier molecular flexibility index (Phi) is 4.76. The van der Waals surface area contributed by atoms with E-state index in [4.69, 9.17) is 0 Å². The molecular formula is C18H17FN2OS. The van der Waals surface area contributed by atoms with E-state index >= 15 is 0 Å². The summed E-state index contributed by atoms with van der Waals surface area (Å²) in [6.45, 7) is 2.66. The monoisotopic (exact) mass is 328 g/mol. The smallest absolute Gasteiger partial charge is 0.262 e. The molecule has 0 radical (unpaired) electrons. The Morgan fingerprint density at radius 1 is 1.17 bits per heavy atom. The topological polar surface area (TPSA) is 34.9 Å². The van der Waals surface area contributed by atoms with Gasteiger partial charge in [-0.3, -0.25) is 9.36 Å². The first kappa shape index (κ1) is 15.7. The van der Waals surface area contributed by atoms with Crippen molar-refractivity contribution in [2.75, 3.05) is 0 Å². The van der Waals surface area contributed by atoms with E-state index in [2.05, 4.69) is 4.98 Å². The fraction of sp³-hybridized carbons (Fsp3) is 0.222. The van der Waals surface area contributed by atoms with E-state index < -0.39 is 0 Å². The maximum Gasteiger partial charge on any atom is 0.262 e. The van der Waals surface area contributed by atoms with Crippen LogP contribution in [0.25, 0.3) is 10.9 Å². The normalized spacial score (nSPS) is 11.0. The van der Waals surface area contributed by atoms with Crippen LogP contribution in [-0.2, 0) is 12.3 Å². The van der Waals surface area contributed by atoms with Gasteiger partial charge >= 0.3 is 0 Å². The number of halogens is 1. The van der Waals surface area contributed by atoms with Gasteiger partial charge in [-0.15, -0.1) is 0 Å². The molecular weight excluding hydrogens is 311 g/mol. The van der Waals surface area contributed by atoms with Crippen molar-refractivity contribution < 1.29 is 4.39 Å². The average Bonchev–Trinajstić information content (AvgIpc) is 2.56. The van der Waals surface area contributed by atoms with Crippen molar-refractivity contribution in [3.63, 3.8) is 0 Å². The van der Waals surface area contributed by atoms with Crippen molar-refractivity contribution in [3.8, 4) is 0 Å². The summed E-state index contributed by atoms with van der Waals surface area (Å²) < 4.78 is 15.0. The van der Waals surface area contributed by atoms with E-state index in [0.29, 0.717) is 28.4 Å². The summed E-state index contributed by atoms with van der Waals surface area (Å²) in [6.07, 6.45) is 0.855. The molecule has 0 bridgehead atoms. The third kappa shape index (κ3) is 3.45. The van der Waals surface area contributed by atoms with Crippen LogP contribution in [0, 0.1) is 5.82 Å². The molecule has 0 N–H and O–H groups in total. The van der Waals surface area contributed by atoms with E-state index in [1.807, 2.05) is 31.2 Å². The van der Waals surface area contributed by atoms with Gasteiger partial charge in [0.15, 0.2) is 5.16 Å². The lowest BCUT2D eigenvalue weighted by Crippen LogP contribution is -2.23. The van der Waals surface area contributed by atoms with E-state index in [1.54, 1.807) is 16.7 Å². The molecule has 0 atom stereocenters. The van der Waals surface area contributed by atoms with Gasteiger partial charge < -0.3 is 0 Å². The third-order valence-electron chi connectivity index (χ3n) is 3.53. The van der Waals surface area contributed by atoms with E-state index in [1.165, 1.54) is 23.9 Å². The summed E-state index contributed by atoms with van der Waals surface area (Å²) in [5.41, 5.74) is 1.56. The highest BCUT2D eigenvalue weighted by Gasteiger charge is 2.11. The van der Waals surface area contributed by atoms with Crippen LogP contribution in [0.3, 0.4) is 0 Å². The lowest BCUT2D eigenvalue weighted by atomic mass is 10.2. The zero-order chi connectivity index (χ0) is 16.2. The molecule has 5 heteroatoms. The second kappa shape index (κ2) is 6.96. The highest BCUT2D eigenvalue weighted by molar-refractivity contribution is 7.98. The Bertz CT molecular complexity index is 892. The molecule has 0 amide bonds. The minimum atomic E-state index is -0.250. The summed E-state index contributed by atoms with van der Waals surface area (Å²) in [5, 5.41) is 1.32. The summed E-state index contributed by atoms with van der Waals surface area (Å²) in [6, 6.07) is 13.9. The fourth-order valence-corrected chi connectivity index (χ4v) is 3.42. The molecule has 0 unspecified atom stereocenters. The molecule has 2 aromatic carbocycles. The van der Waals surface area contributed by atoms with Gasteiger partial charge in [0.2, 0.25) is 0 Å². The Labute approximate surface area is 138 Å². The number of rotatable bonds is 5. The van der Waals surface area contributed by atoms with Crippen LogP contribution in [0.4, 0.5) is 4.39 Å². The van der Waals surface area contributed by atoms with Crippen molar-refractivity contribution in [3.05, 3.63) is 70.3 Å². The number of fused-ring (bicyclic) bond motifs is 1. The Morgan fingerprint density at radius 2 is 2.00 bits per heavy atom. The maximum absolute atomic E-state index is 13.3. The summed E-state index contributed by atoms with van der Waals surface area (Å²) in [7, 11) is 0. The number of hydrogen-bond donors (Lipinski definition) is 0. The fourth-order valence-electron chi connectivity index (χ4n) is 2.45. The van der Waals surface area contributed by atoms with Crippen LogP contribution in [0.5, 0.6) is 0 Å². The Balaban J connectivity index is 1.98. The minimum absolute atomic E-state index is 0.0146. The summed E-state index contributed by atoms with van der Waals surface area (Å²) in [5.74, 6) is 0.326. The van der Waals surface area contributed by atoms with Crippen molar-refractivity contribution in [2.24, 2.45) is 0 Å². The van der Waals surface area contributed by atoms with Gasteiger partial charge in [0.05, 0.1) is 10.9 Å². The molecule has 3 nitrogen and oxygen atoms in total. The molecule has 3 aromatic rings. The van der Waals surface area contributed by atoms with Crippen molar-refractivity contribution >= 4 is 22.7 Å². The highest BCUT2D eigenvalue weighted by atomic mass is 32.2. The molecule has 0 aliphatic rings. The molecule has 0 aliphatic heterocycles. The lowest BCUT2D eigenvalue weighted by Gasteiger charge is -2.12. The van der Waals surface area contributed by atoms with Crippen LogP contribution in [-0.4, -0.2) is 9.55 Å². The molecule has 0 spiro atoms. The predicted octanol–water partition coefficient (Wildman–Crippen LogP) is 4.24. The van der Waals surface area contributed by atoms with Gasteiger partial charge in [-0.05, 0) is 36.2 Å². The van der Waals surface area contributed by atoms with Crippen LogP contribution in [0.1, 0.15) is 18.9 Å². The van der Waals surface area contributed by atoms with Crippen molar-refractivity contribution in [1.82, 2.24) is 9.55 Å². The van der Waals surface area contributed by atoms with Crippen LogP contribution < -0.4 is 5.56 Å². The third-order valence-corrected chi connectivity index (χ3v) is 4.58. The predicted molar refractivity (Wildman–Crippen MR) is 92.3 cm³/mol. The Hall–Kier alpha value is -2.14. The second-order valence-electron chi connectivity index (χ2n) is 5.29.